The normalized spacial score (nSPS) is 11.7. The van der Waals surface area contributed by atoms with Gasteiger partial charge in [0.2, 0.25) is 0 Å². The molecule has 140 valence electrons. The Labute approximate surface area is 154 Å². The number of unbranched alkanes of at least 4 members (excludes halogenated alkanes) is 2. The first-order valence-corrected chi connectivity index (χ1v) is 8.70. The van der Waals surface area contributed by atoms with E-state index in [2.05, 4.69) is 6.92 Å². The number of alkyl halides is 3. The van der Waals surface area contributed by atoms with Crippen LogP contribution in [0.3, 0.4) is 0 Å². The highest BCUT2D eigenvalue weighted by Gasteiger charge is 2.34. The van der Waals surface area contributed by atoms with Crippen LogP contribution in [0.25, 0.3) is 16.7 Å². The van der Waals surface area contributed by atoms with Crippen LogP contribution in [0.5, 0.6) is 0 Å². The third-order valence-corrected chi connectivity index (χ3v) is 4.51. The maximum Gasteiger partial charge on any atom is 0.417 e. The molecule has 3 aromatic rings. The van der Waals surface area contributed by atoms with E-state index in [-0.39, 0.29) is 11.4 Å². The number of fused-ring (bicyclic) bond motifs is 1. The highest BCUT2D eigenvalue weighted by Crippen LogP contribution is 2.33. The van der Waals surface area contributed by atoms with Crippen molar-refractivity contribution < 1.29 is 13.2 Å². The number of benzene rings is 2. The number of hydrogen-bond acceptors (Lipinski definition) is 2. The van der Waals surface area contributed by atoms with Gasteiger partial charge in [0, 0.05) is 6.54 Å². The third-order valence-electron chi connectivity index (χ3n) is 4.51. The smallest absolute Gasteiger partial charge is 0.292 e. The number of nitriles is 1. The van der Waals surface area contributed by atoms with Crippen molar-refractivity contribution in [2.24, 2.45) is 0 Å². The lowest BCUT2D eigenvalue weighted by molar-refractivity contribution is -0.137. The third kappa shape index (κ3) is 3.47. The Morgan fingerprint density at radius 3 is 2.41 bits per heavy atom. The lowest BCUT2D eigenvalue weighted by atomic mass is 10.1. The predicted molar refractivity (Wildman–Crippen MR) is 96.8 cm³/mol. The van der Waals surface area contributed by atoms with Gasteiger partial charge in [-0.05, 0) is 36.8 Å². The first-order valence-electron chi connectivity index (χ1n) is 8.70. The summed E-state index contributed by atoms with van der Waals surface area (Å²) in [7, 11) is 0. The number of rotatable bonds is 5. The van der Waals surface area contributed by atoms with Crippen LogP contribution in [-0.4, -0.2) is 9.13 Å². The Hall–Kier alpha value is -3.01. The van der Waals surface area contributed by atoms with Gasteiger partial charge in [-0.25, -0.2) is 4.79 Å². The van der Waals surface area contributed by atoms with Gasteiger partial charge in [-0.1, -0.05) is 31.9 Å². The van der Waals surface area contributed by atoms with Crippen LogP contribution in [0.4, 0.5) is 13.2 Å². The Morgan fingerprint density at radius 1 is 1.07 bits per heavy atom. The second kappa shape index (κ2) is 7.31. The van der Waals surface area contributed by atoms with Gasteiger partial charge >= 0.3 is 11.9 Å². The highest BCUT2D eigenvalue weighted by molar-refractivity contribution is 5.78. The summed E-state index contributed by atoms with van der Waals surface area (Å²) >= 11 is 0. The maximum absolute atomic E-state index is 13.3. The van der Waals surface area contributed by atoms with E-state index in [4.69, 9.17) is 5.26 Å². The largest absolute Gasteiger partial charge is 0.417 e. The number of nitrogens with zero attached hydrogens (tertiary/aromatic N) is 3. The van der Waals surface area contributed by atoms with E-state index in [1.54, 1.807) is 34.9 Å². The average Bonchev–Trinajstić information content (AvgIpc) is 2.92. The molecule has 0 spiro atoms. The van der Waals surface area contributed by atoms with Gasteiger partial charge in [-0.2, -0.15) is 18.4 Å². The zero-order chi connectivity index (χ0) is 19.6. The molecule has 0 unspecified atom stereocenters. The van der Waals surface area contributed by atoms with Gasteiger partial charge in [-0.15, -0.1) is 0 Å². The van der Waals surface area contributed by atoms with Crippen LogP contribution in [0.2, 0.25) is 0 Å². The standard InChI is InChI=1S/C20H18F3N3O/c1-2-3-6-11-25-17-7-4-5-8-18(17)26(19(25)27)15-10-9-14(13-24)16(12-15)20(21,22)23/h4-5,7-10,12H,2-3,6,11H2,1H3. The molecule has 1 aromatic heterocycles. The number of hydrogen-bond donors (Lipinski definition) is 0. The summed E-state index contributed by atoms with van der Waals surface area (Å²) in [5.74, 6) is 0. The Bertz CT molecular complexity index is 1070. The van der Waals surface area contributed by atoms with Crippen molar-refractivity contribution >= 4 is 11.0 Å². The van der Waals surface area contributed by atoms with E-state index in [1.807, 2.05) is 0 Å². The molecular formula is C20H18F3N3O. The van der Waals surface area contributed by atoms with Crippen LogP contribution in [-0.2, 0) is 12.7 Å². The molecule has 2 aromatic carbocycles. The minimum absolute atomic E-state index is 0.0942. The highest BCUT2D eigenvalue weighted by atomic mass is 19.4. The molecule has 4 nitrogen and oxygen atoms in total. The Morgan fingerprint density at radius 2 is 1.78 bits per heavy atom. The van der Waals surface area contributed by atoms with Crippen LogP contribution in [0, 0.1) is 11.3 Å². The molecule has 0 atom stereocenters. The van der Waals surface area contributed by atoms with Crippen molar-refractivity contribution in [2.45, 2.75) is 38.9 Å². The van der Waals surface area contributed by atoms with Gasteiger partial charge in [-0.3, -0.25) is 9.13 Å². The Kier molecular flexibility index (Phi) is 5.08. The molecule has 0 aliphatic carbocycles. The van der Waals surface area contributed by atoms with Gasteiger partial charge in [0.05, 0.1) is 33.9 Å². The molecule has 0 aliphatic heterocycles. The van der Waals surface area contributed by atoms with Gasteiger partial charge < -0.3 is 0 Å². The minimum Gasteiger partial charge on any atom is -0.292 e. The molecule has 27 heavy (non-hydrogen) atoms. The molecule has 3 rings (SSSR count). The van der Waals surface area contributed by atoms with Gasteiger partial charge in [0.1, 0.15) is 0 Å². The van der Waals surface area contributed by atoms with E-state index in [0.29, 0.717) is 17.6 Å². The van der Waals surface area contributed by atoms with Crippen molar-refractivity contribution in [3.8, 4) is 11.8 Å². The van der Waals surface area contributed by atoms with E-state index in [9.17, 15) is 18.0 Å². The summed E-state index contributed by atoms with van der Waals surface area (Å²) in [4.78, 5) is 13.0. The minimum atomic E-state index is -4.68. The van der Waals surface area contributed by atoms with Gasteiger partial charge in [0.15, 0.2) is 0 Å². The summed E-state index contributed by atoms with van der Waals surface area (Å²) in [6, 6.07) is 11.9. The predicted octanol–water partition coefficient (Wildman–Crippen LogP) is 4.87. The average molecular weight is 373 g/mol. The SMILES string of the molecule is CCCCCn1c(=O)n(-c2ccc(C#N)c(C(F)(F)F)c2)c2ccccc21. The van der Waals surface area contributed by atoms with Crippen molar-refractivity contribution in [3.63, 3.8) is 0 Å². The first-order chi connectivity index (χ1) is 12.9. The fraction of sp³-hybridized carbons (Fsp3) is 0.300. The zero-order valence-corrected chi connectivity index (χ0v) is 14.8. The van der Waals surface area contributed by atoms with Crippen molar-refractivity contribution in [3.05, 3.63) is 64.1 Å². The molecule has 0 saturated heterocycles. The molecule has 0 saturated carbocycles. The molecule has 0 fully saturated rings. The van der Waals surface area contributed by atoms with Gasteiger partial charge in [0.25, 0.3) is 0 Å². The number of halogens is 3. The summed E-state index contributed by atoms with van der Waals surface area (Å²) in [6.45, 7) is 2.56. The lowest BCUT2D eigenvalue weighted by Crippen LogP contribution is -2.23. The lowest BCUT2D eigenvalue weighted by Gasteiger charge is -2.11. The summed E-state index contributed by atoms with van der Waals surface area (Å²) in [5, 5.41) is 8.97. The van der Waals surface area contributed by atoms with Crippen LogP contribution in [0.1, 0.15) is 37.3 Å². The molecular weight excluding hydrogens is 355 g/mol. The summed E-state index contributed by atoms with van der Waals surface area (Å²) < 4.78 is 42.8. The second-order valence-corrected chi connectivity index (χ2v) is 6.30. The monoisotopic (exact) mass is 373 g/mol. The molecule has 0 aliphatic rings. The topological polar surface area (TPSA) is 50.7 Å². The molecule has 0 amide bonds. The van der Waals surface area contributed by atoms with E-state index in [0.717, 1.165) is 31.4 Å². The van der Waals surface area contributed by atoms with Crippen molar-refractivity contribution in [1.82, 2.24) is 9.13 Å². The quantitative estimate of drug-likeness (QED) is 0.599. The Balaban J connectivity index is 2.22. The van der Waals surface area contributed by atoms with Crippen LogP contribution < -0.4 is 5.69 Å². The summed E-state index contributed by atoms with van der Waals surface area (Å²) in [6.07, 6.45) is -1.91. The first kappa shape index (κ1) is 18.8. The summed E-state index contributed by atoms with van der Waals surface area (Å²) in [5.41, 5.74) is -0.585. The van der Waals surface area contributed by atoms with Crippen molar-refractivity contribution in [1.29, 1.82) is 5.26 Å². The number of aromatic nitrogens is 2. The van der Waals surface area contributed by atoms with E-state index < -0.39 is 17.3 Å². The van der Waals surface area contributed by atoms with E-state index in [1.165, 1.54) is 10.6 Å². The fourth-order valence-electron chi connectivity index (χ4n) is 3.20. The molecule has 0 bridgehead atoms. The number of aryl methyl sites for hydroxylation is 1. The van der Waals surface area contributed by atoms with E-state index >= 15 is 0 Å². The van der Waals surface area contributed by atoms with Crippen molar-refractivity contribution in [2.75, 3.05) is 0 Å². The zero-order valence-electron chi connectivity index (χ0n) is 14.8. The van der Waals surface area contributed by atoms with Crippen LogP contribution in [0.15, 0.2) is 47.3 Å². The van der Waals surface area contributed by atoms with Crippen LogP contribution >= 0.6 is 0 Å². The molecule has 0 N–H and O–H groups in total. The maximum atomic E-state index is 13.3. The fourth-order valence-corrected chi connectivity index (χ4v) is 3.20. The molecule has 7 heteroatoms. The number of imidazole rings is 1. The number of para-hydroxylation sites is 2. The second-order valence-electron chi connectivity index (χ2n) is 6.30. The molecule has 1 heterocycles. The molecule has 0 radical (unpaired) electrons.